The molecule has 0 aromatic carbocycles. The van der Waals surface area contributed by atoms with Gasteiger partial charge in [0.2, 0.25) is 0 Å². The lowest BCUT2D eigenvalue weighted by molar-refractivity contribution is -0.137. The molecule has 42 heavy (non-hydrogen) atoms. The van der Waals surface area contributed by atoms with Crippen LogP contribution < -0.4 is 0 Å². The van der Waals surface area contributed by atoms with Gasteiger partial charge in [0.05, 0.1) is 43.2 Å². The molecule has 0 atom stereocenters. The van der Waals surface area contributed by atoms with E-state index in [0.717, 1.165) is 50.7 Å². The Hall–Kier alpha value is -0.320. The van der Waals surface area contributed by atoms with Crippen LogP contribution in [-0.4, -0.2) is 149 Å². The highest BCUT2D eigenvalue weighted by atomic mass is 16.5. The summed E-state index contributed by atoms with van der Waals surface area (Å²) in [5.41, 5.74) is 0. The number of hydrogen-bond donors (Lipinski definition) is 0. The predicted molar refractivity (Wildman–Crippen MR) is 167 cm³/mol. The van der Waals surface area contributed by atoms with Gasteiger partial charge in [0, 0.05) is 52.9 Å². The van der Waals surface area contributed by atoms with Crippen molar-refractivity contribution in [3.63, 3.8) is 0 Å². The standard InChI is InChI=1S/C34H62N4O4/c1-35-11-3-27(4-12-35)25-37-15-9-30(10-16-37)42-34-23-32(24-34)40-20-19-36-13-5-28(6-14-36)26-38-17-7-29(8-18-38)41-33-21-31(22-33)39-2/h27-34H,3-26H2,1-2H3. The SMILES string of the molecule is COC1CC(OC2CCN(CC3CCN(CCOC4CC(OC5CCN(CC6CCN(C)CC6)CC5)C4)CC3)CC2)C1. The minimum atomic E-state index is 0.426. The molecule has 242 valence electrons. The Morgan fingerprint density at radius 2 is 0.952 bits per heavy atom. The van der Waals surface area contributed by atoms with Crippen molar-refractivity contribution >= 4 is 0 Å². The van der Waals surface area contributed by atoms with E-state index < -0.39 is 0 Å². The van der Waals surface area contributed by atoms with Gasteiger partial charge >= 0.3 is 0 Å². The van der Waals surface area contributed by atoms with E-state index in [2.05, 4.69) is 26.6 Å². The Kier molecular flexibility index (Phi) is 11.9. The molecule has 8 heteroatoms. The summed E-state index contributed by atoms with van der Waals surface area (Å²) in [4.78, 5) is 10.5. The van der Waals surface area contributed by atoms with Gasteiger partial charge in [0.15, 0.2) is 0 Å². The number of likely N-dealkylation sites (tertiary alicyclic amines) is 4. The molecule has 0 radical (unpaired) electrons. The van der Waals surface area contributed by atoms with Crippen molar-refractivity contribution < 1.29 is 18.9 Å². The molecule has 6 fully saturated rings. The van der Waals surface area contributed by atoms with Crippen LogP contribution >= 0.6 is 0 Å². The second-order valence-corrected chi connectivity index (χ2v) is 14.8. The average Bonchev–Trinajstić information content (AvgIpc) is 2.97. The molecule has 0 aromatic rings. The van der Waals surface area contributed by atoms with Gasteiger partial charge in [0.1, 0.15) is 0 Å². The van der Waals surface area contributed by atoms with Crippen LogP contribution in [0.1, 0.15) is 77.0 Å². The van der Waals surface area contributed by atoms with Crippen LogP contribution in [0.25, 0.3) is 0 Å². The zero-order valence-corrected chi connectivity index (χ0v) is 27.0. The average molecular weight is 591 g/mol. The largest absolute Gasteiger partial charge is 0.381 e. The fraction of sp³-hybridized carbons (Fsp3) is 1.00. The van der Waals surface area contributed by atoms with Gasteiger partial charge in [-0.15, -0.1) is 0 Å². The Bertz CT molecular complexity index is 762. The van der Waals surface area contributed by atoms with Gasteiger partial charge in [0.25, 0.3) is 0 Å². The van der Waals surface area contributed by atoms with Crippen LogP contribution in [0.3, 0.4) is 0 Å². The van der Waals surface area contributed by atoms with Gasteiger partial charge in [-0.3, -0.25) is 0 Å². The zero-order valence-electron chi connectivity index (χ0n) is 27.0. The van der Waals surface area contributed by atoms with E-state index in [-0.39, 0.29) is 0 Å². The minimum absolute atomic E-state index is 0.426. The molecule has 0 unspecified atom stereocenters. The number of hydrogen-bond acceptors (Lipinski definition) is 8. The molecule has 4 heterocycles. The summed E-state index contributed by atoms with van der Waals surface area (Å²) >= 11 is 0. The lowest BCUT2D eigenvalue weighted by Crippen LogP contribution is -2.46. The molecule has 0 amide bonds. The van der Waals surface area contributed by atoms with Crippen molar-refractivity contribution in [2.45, 2.75) is 114 Å². The highest BCUT2D eigenvalue weighted by Crippen LogP contribution is 2.31. The maximum Gasteiger partial charge on any atom is 0.0628 e. The van der Waals surface area contributed by atoms with Gasteiger partial charge in [-0.25, -0.2) is 0 Å². The molecule has 2 saturated carbocycles. The number of ether oxygens (including phenoxy) is 4. The molecule has 4 saturated heterocycles. The Labute approximate surface area is 256 Å². The topological polar surface area (TPSA) is 49.9 Å². The van der Waals surface area contributed by atoms with Crippen molar-refractivity contribution in [2.75, 3.05) is 92.8 Å². The first-order valence-corrected chi connectivity index (χ1v) is 17.9. The number of rotatable bonds is 13. The summed E-state index contributed by atoms with van der Waals surface area (Å²) in [6.45, 7) is 14.5. The Morgan fingerprint density at radius 1 is 0.500 bits per heavy atom. The summed E-state index contributed by atoms with van der Waals surface area (Å²) in [5, 5.41) is 0. The van der Waals surface area contributed by atoms with Crippen LogP contribution in [-0.2, 0) is 18.9 Å². The first-order valence-electron chi connectivity index (χ1n) is 17.9. The van der Waals surface area contributed by atoms with E-state index >= 15 is 0 Å². The fourth-order valence-corrected chi connectivity index (χ4v) is 8.30. The zero-order chi connectivity index (χ0) is 28.7. The van der Waals surface area contributed by atoms with Crippen LogP contribution in [0.4, 0.5) is 0 Å². The molecule has 0 spiro atoms. The number of piperidine rings is 4. The van der Waals surface area contributed by atoms with Gasteiger partial charge < -0.3 is 38.5 Å². The van der Waals surface area contributed by atoms with Gasteiger partial charge in [-0.1, -0.05) is 0 Å². The second-order valence-electron chi connectivity index (χ2n) is 14.8. The van der Waals surface area contributed by atoms with Crippen LogP contribution in [0.5, 0.6) is 0 Å². The maximum atomic E-state index is 6.48. The first-order chi connectivity index (χ1) is 20.6. The number of methoxy groups -OCH3 is 1. The highest BCUT2D eigenvalue weighted by molar-refractivity contribution is 4.86. The molecular formula is C34H62N4O4. The summed E-state index contributed by atoms with van der Waals surface area (Å²) in [6.07, 6.45) is 17.4. The summed E-state index contributed by atoms with van der Waals surface area (Å²) in [5.74, 6) is 1.77. The Morgan fingerprint density at radius 3 is 1.45 bits per heavy atom. The van der Waals surface area contributed by atoms with E-state index in [0.29, 0.717) is 36.6 Å². The summed E-state index contributed by atoms with van der Waals surface area (Å²) in [7, 11) is 4.08. The summed E-state index contributed by atoms with van der Waals surface area (Å²) in [6, 6.07) is 0. The monoisotopic (exact) mass is 590 g/mol. The quantitative estimate of drug-likeness (QED) is 0.322. The van der Waals surface area contributed by atoms with E-state index in [4.69, 9.17) is 18.9 Å². The minimum Gasteiger partial charge on any atom is -0.381 e. The normalized spacial score (nSPS) is 34.4. The number of nitrogens with zero attached hydrogens (tertiary/aromatic N) is 4. The highest BCUT2D eigenvalue weighted by Gasteiger charge is 2.35. The van der Waals surface area contributed by atoms with E-state index in [1.807, 2.05) is 7.11 Å². The van der Waals surface area contributed by atoms with Crippen molar-refractivity contribution in [3.05, 3.63) is 0 Å². The van der Waals surface area contributed by atoms with Gasteiger partial charge in [-0.2, -0.15) is 0 Å². The smallest absolute Gasteiger partial charge is 0.0628 e. The van der Waals surface area contributed by atoms with Crippen molar-refractivity contribution in [1.82, 2.24) is 19.6 Å². The van der Waals surface area contributed by atoms with Crippen LogP contribution in [0.15, 0.2) is 0 Å². The van der Waals surface area contributed by atoms with E-state index in [1.165, 1.54) is 117 Å². The molecule has 0 N–H and O–H groups in total. The summed E-state index contributed by atoms with van der Waals surface area (Å²) < 4.78 is 24.4. The first kappa shape index (κ1) is 31.7. The Balaban J connectivity index is 0.747. The predicted octanol–water partition coefficient (Wildman–Crippen LogP) is 3.73. The van der Waals surface area contributed by atoms with Crippen LogP contribution in [0.2, 0.25) is 0 Å². The fourth-order valence-electron chi connectivity index (χ4n) is 8.30. The van der Waals surface area contributed by atoms with Crippen LogP contribution in [0, 0.1) is 11.8 Å². The molecule has 8 nitrogen and oxygen atoms in total. The molecule has 2 aliphatic carbocycles. The lowest BCUT2D eigenvalue weighted by atomic mass is 9.91. The van der Waals surface area contributed by atoms with Gasteiger partial charge in [-0.05, 0) is 122 Å². The van der Waals surface area contributed by atoms with Crippen molar-refractivity contribution in [3.8, 4) is 0 Å². The molecule has 4 aliphatic heterocycles. The lowest BCUT2D eigenvalue weighted by Gasteiger charge is -2.41. The molecule has 6 rings (SSSR count). The van der Waals surface area contributed by atoms with E-state index in [1.54, 1.807) is 0 Å². The maximum absolute atomic E-state index is 6.48. The third-order valence-corrected chi connectivity index (χ3v) is 11.6. The third kappa shape index (κ3) is 9.35. The molecule has 6 aliphatic rings. The van der Waals surface area contributed by atoms with Crippen molar-refractivity contribution in [1.29, 1.82) is 0 Å². The third-order valence-electron chi connectivity index (χ3n) is 11.6. The van der Waals surface area contributed by atoms with E-state index in [9.17, 15) is 0 Å². The molecule has 0 bridgehead atoms. The second kappa shape index (κ2) is 15.8. The molecular weight excluding hydrogens is 528 g/mol. The van der Waals surface area contributed by atoms with Crippen molar-refractivity contribution in [2.24, 2.45) is 11.8 Å². The molecule has 0 aromatic heterocycles.